The van der Waals surface area contributed by atoms with Crippen molar-refractivity contribution in [3.05, 3.63) is 59.7 Å². The number of methoxy groups -OCH3 is 2. The highest BCUT2D eigenvalue weighted by molar-refractivity contribution is 5.88. The van der Waals surface area contributed by atoms with Crippen LogP contribution in [0.25, 0.3) is 12.2 Å². The van der Waals surface area contributed by atoms with Gasteiger partial charge in [-0.3, -0.25) is 0 Å². The van der Waals surface area contributed by atoms with Crippen molar-refractivity contribution in [3.8, 4) is 23.0 Å². The van der Waals surface area contributed by atoms with E-state index in [0.717, 1.165) is 12.2 Å². The van der Waals surface area contributed by atoms with Crippen molar-refractivity contribution in [2.75, 3.05) is 14.2 Å². The van der Waals surface area contributed by atoms with Crippen LogP contribution >= 0.6 is 0 Å². The van der Waals surface area contributed by atoms with E-state index in [2.05, 4.69) is 0 Å². The molecule has 0 heterocycles. The minimum atomic E-state index is -2.44. The highest BCUT2D eigenvalue weighted by Gasteiger charge is 2.52. The lowest BCUT2D eigenvalue weighted by molar-refractivity contribution is -0.204. The van der Waals surface area contributed by atoms with Crippen LogP contribution in [0.2, 0.25) is 0 Å². The van der Waals surface area contributed by atoms with Crippen LogP contribution in [0.1, 0.15) is 24.0 Å². The number of aliphatic hydroxyl groups excluding tert-OH is 1. The van der Waals surface area contributed by atoms with Gasteiger partial charge in [-0.25, -0.2) is 14.4 Å². The molecule has 12 heteroatoms. The van der Waals surface area contributed by atoms with Crippen LogP contribution in [0.4, 0.5) is 0 Å². The van der Waals surface area contributed by atoms with Crippen molar-refractivity contribution in [2.45, 2.75) is 36.8 Å². The molecule has 0 saturated heterocycles. The van der Waals surface area contributed by atoms with Crippen molar-refractivity contribution in [1.29, 1.82) is 0 Å². The second kappa shape index (κ2) is 12.3. The van der Waals surface area contributed by atoms with E-state index < -0.39 is 54.7 Å². The molecule has 0 unspecified atom stereocenters. The molecule has 2 aromatic carbocycles. The van der Waals surface area contributed by atoms with Crippen LogP contribution in [0, 0.1) is 0 Å². The van der Waals surface area contributed by atoms with Gasteiger partial charge in [0.2, 0.25) is 0 Å². The SMILES string of the molecule is COc1ccc(C=CC(=O)O[C@@H]2[C@H](O)C[C@@](O)(C(=O)O)C[C@@H]2OC(=O)C=Cc2ccc(OC)c(O)c2)cc1O. The van der Waals surface area contributed by atoms with Gasteiger partial charge in [0.15, 0.2) is 34.7 Å². The number of phenols is 2. The summed E-state index contributed by atoms with van der Waals surface area (Å²) < 4.78 is 20.5. The van der Waals surface area contributed by atoms with Crippen LogP contribution in [0.3, 0.4) is 0 Å². The molecule has 0 amide bonds. The number of ether oxygens (including phenoxy) is 4. The number of carbonyl (C=O) groups excluding carboxylic acids is 2. The summed E-state index contributed by atoms with van der Waals surface area (Å²) in [6.07, 6.45) is -1.41. The summed E-state index contributed by atoms with van der Waals surface area (Å²) >= 11 is 0. The highest BCUT2D eigenvalue weighted by atomic mass is 16.6. The number of benzene rings is 2. The molecule has 0 bridgehead atoms. The van der Waals surface area contributed by atoms with E-state index in [1.165, 1.54) is 50.6 Å². The van der Waals surface area contributed by atoms with Gasteiger partial charge in [0.25, 0.3) is 0 Å². The predicted octanol–water partition coefficient (Wildman–Crippen LogP) is 1.64. The zero-order valence-corrected chi connectivity index (χ0v) is 21.0. The summed E-state index contributed by atoms with van der Waals surface area (Å²) in [4.78, 5) is 36.6. The van der Waals surface area contributed by atoms with Crippen LogP contribution < -0.4 is 9.47 Å². The molecule has 0 radical (unpaired) electrons. The number of hydrogen-bond donors (Lipinski definition) is 5. The first-order valence-electron chi connectivity index (χ1n) is 11.6. The zero-order valence-electron chi connectivity index (χ0n) is 21.0. The Morgan fingerprint density at radius 1 is 0.846 bits per heavy atom. The molecule has 1 saturated carbocycles. The van der Waals surface area contributed by atoms with Gasteiger partial charge in [-0.15, -0.1) is 0 Å². The van der Waals surface area contributed by atoms with Gasteiger partial charge in [0.1, 0.15) is 6.10 Å². The number of aromatic hydroxyl groups is 2. The van der Waals surface area contributed by atoms with Gasteiger partial charge in [-0.2, -0.15) is 0 Å². The van der Waals surface area contributed by atoms with Gasteiger partial charge >= 0.3 is 17.9 Å². The van der Waals surface area contributed by atoms with Crippen molar-refractivity contribution >= 4 is 30.1 Å². The summed E-state index contributed by atoms with van der Waals surface area (Å²) in [6.45, 7) is 0. The number of carboxylic acids is 1. The van der Waals surface area contributed by atoms with Crippen LogP contribution in [-0.2, 0) is 23.9 Å². The third-order valence-electron chi connectivity index (χ3n) is 5.98. The minimum absolute atomic E-state index is 0.159. The lowest BCUT2D eigenvalue weighted by atomic mass is 9.79. The summed E-state index contributed by atoms with van der Waals surface area (Å²) in [6, 6.07) is 8.73. The predicted molar refractivity (Wildman–Crippen MR) is 135 cm³/mol. The number of rotatable bonds is 9. The standard InChI is InChI=1S/C27H28O12/c1-36-20-7-3-15(11-17(20)28)5-9-23(31)38-22-14-27(35,26(33)34)13-19(30)25(22)39-24(32)10-6-16-4-8-21(37-2)18(29)12-16/h3-12,19,22,25,28-30,35H,13-14H2,1-2H3,(H,33,34)/t19-,22+,25-,27+/m1/s1. The lowest BCUT2D eigenvalue weighted by Crippen LogP contribution is -2.58. The fraction of sp³-hybridized carbons (Fsp3) is 0.296. The zero-order chi connectivity index (χ0) is 28.7. The van der Waals surface area contributed by atoms with E-state index in [0.29, 0.717) is 11.1 Å². The molecular formula is C27H28O12. The Hall–Kier alpha value is -4.55. The smallest absolute Gasteiger partial charge is 0.335 e. The average molecular weight is 545 g/mol. The largest absolute Gasteiger partial charge is 0.504 e. The second-order valence-electron chi connectivity index (χ2n) is 8.72. The van der Waals surface area contributed by atoms with Crippen molar-refractivity contribution in [1.82, 2.24) is 0 Å². The Morgan fingerprint density at radius 3 is 1.77 bits per heavy atom. The average Bonchev–Trinajstić information content (AvgIpc) is 2.88. The summed E-state index contributed by atoms with van der Waals surface area (Å²) in [5.74, 6) is -3.46. The molecular weight excluding hydrogens is 516 g/mol. The van der Waals surface area contributed by atoms with Gasteiger partial charge in [-0.1, -0.05) is 12.1 Å². The third kappa shape index (κ3) is 7.27. The Balaban J connectivity index is 1.75. The van der Waals surface area contributed by atoms with Gasteiger partial charge < -0.3 is 44.5 Å². The molecule has 5 N–H and O–H groups in total. The number of carbonyl (C=O) groups is 3. The number of aliphatic carboxylic acids is 1. The fourth-order valence-electron chi connectivity index (χ4n) is 3.99. The Labute approximate surface area is 222 Å². The minimum Gasteiger partial charge on any atom is -0.504 e. The molecule has 0 spiro atoms. The maximum atomic E-state index is 12.5. The van der Waals surface area contributed by atoms with E-state index >= 15 is 0 Å². The lowest BCUT2D eigenvalue weighted by Gasteiger charge is -2.40. The monoisotopic (exact) mass is 544 g/mol. The third-order valence-corrected chi connectivity index (χ3v) is 5.98. The summed E-state index contributed by atoms with van der Waals surface area (Å²) in [5.41, 5.74) is -1.60. The first-order chi connectivity index (χ1) is 18.4. The summed E-state index contributed by atoms with van der Waals surface area (Å²) in [7, 11) is 2.76. The number of carboxylic acid groups (broad SMARTS) is 1. The molecule has 1 aliphatic rings. The molecule has 0 aromatic heterocycles. The molecule has 39 heavy (non-hydrogen) atoms. The van der Waals surface area contributed by atoms with Crippen LogP contribution in [-0.4, -0.2) is 81.6 Å². The van der Waals surface area contributed by atoms with E-state index in [1.807, 2.05) is 0 Å². The van der Waals surface area contributed by atoms with E-state index in [9.17, 15) is 39.9 Å². The van der Waals surface area contributed by atoms with Gasteiger partial charge in [-0.05, 0) is 47.5 Å². The normalized spacial score (nSPS) is 22.9. The number of aliphatic hydroxyl groups is 2. The molecule has 208 valence electrons. The van der Waals surface area contributed by atoms with E-state index in [-0.39, 0.29) is 23.0 Å². The Morgan fingerprint density at radius 2 is 1.33 bits per heavy atom. The Bertz CT molecular complexity index is 1280. The highest BCUT2D eigenvalue weighted by Crippen LogP contribution is 2.34. The van der Waals surface area contributed by atoms with Crippen molar-refractivity contribution in [3.63, 3.8) is 0 Å². The number of esters is 2. The molecule has 1 fully saturated rings. The van der Waals surface area contributed by atoms with Crippen molar-refractivity contribution in [2.24, 2.45) is 0 Å². The molecule has 3 rings (SSSR count). The topological polar surface area (TPSA) is 189 Å². The first kappa shape index (κ1) is 29.0. The number of phenolic OH excluding ortho intramolecular Hbond substituents is 2. The van der Waals surface area contributed by atoms with E-state index in [4.69, 9.17) is 18.9 Å². The quantitative estimate of drug-likeness (QED) is 0.227. The van der Waals surface area contributed by atoms with Crippen LogP contribution in [0.5, 0.6) is 23.0 Å². The first-order valence-corrected chi connectivity index (χ1v) is 11.6. The fourth-order valence-corrected chi connectivity index (χ4v) is 3.99. The molecule has 4 atom stereocenters. The molecule has 12 nitrogen and oxygen atoms in total. The van der Waals surface area contributed by atoms with Crippen molar-refractivity contribution < 1.29 is 58.9 Å². The van der Waals surface area contributed by atoms with E-state index in [1.54, 1.807) is 12.1 Å². The Kier molecular flexibility index (Phi) is 9.17. The summed E-state index contributed by atoms with van der Waals surface area (Å²) in [5, 5.41) is 50.2. The number of hydrogen-bond acceptors (Lipinski definition) is 11. The molecule has 0 aliphatic heterocycles. The maximum absolute atomic E-state index is 12.5. The van der Waals surface area contributed by atoms with Gasteiger partial charge in [0.05, 0.1) is 20.3 Å². The molecule has 1 aliphatic carbocycles. The maximum Gasteiger partial charge on any atom is 0.335 e. The second-order valence-corrected chi connectivity index (χ2v) is 8.72. The van der Waals surface area contributed by atoms with Crippen LogP contribution in [0.15, 0.2) is 48.6 Å². The molecule has 2 aromatic rings. The van der Waals surface area contributed by atoms with Gasteiger partial charge in [0, 0.05) is 25.0 Å².